The summed E-state index contributed by atoms with van der Waals surface area (Å²) in [5, 5.41) is 1.17. The van der Waals surface area contributed by atoms with Crippen molar-refractivity contribution in [2.24, 2.45) is 4.99 Å². The Bertz CT molecular complexity index is 436. The van der Waals surface area contributed by atoms with E-state index >= 15 is 0 Å². The van der Waals surface area contributed by atoms with Crippen molar-refractivity contribution in [3.8, 4) is 5.75 Å². The first-order valence-corrected chi connectivity index (χ1v) is 7.31. The number of aliphatic imine (C=N–C) groups is 1. The highest BCUT2D eigenvalue weighted by Crippen LogP contribution is 2.24. The van der Waals surface area contributed by atoms with E-state index in [1.54, 1.807) is 7.11 Å². The van der Waals surface area contributed by atoms with E-state index in [-0.39, 0.29) is 0 Å². The second-order valence-corrected chi connectivity index (χ2v) is 5.38. The van der Waals surface area contributed by atoms with Crippen molar-refractivity contribution in [3.05, 3.63) is 42.0 Å². The molecule has 2 nitrogen and oxygen atoms in total. The average molecular weight is 261 g/mol. The highest BCUT2D eigenvalue weighted by atomic mass is 32.2. The summed E-state index contributed by atoms with van der Waals surface area (Å²) in [5.41, 5.74) is 1.30. The van der Waals surface area contributed by atoms with Gasteiger partial charge in [-0.15, -0.1) is 11.8 Å². The van der Waals surface area contributed by atoms with Gasteiger partial charge in [0.25, 0.3) is 0 Å². The zero-order valence-corrected chi connectivity index (χ0v) is 11.7. The molecule has 1 aromatic carbocycles. The molecule has 0 fully saturated rings. The maximum Gasteiger partial charge on any atom is 0.118 e. The third-order valence-corrected chi connectivity index (χ3v) is 4.09. The number of benzene rings is 1. The minimum Gasteiger partial charge on any atom is -0.497 e. The highest BCUT2D eigenvalue weighted by Gasteiger charge is 2.12. The number of thioether (sulfide) groups is 1. The zero-order valence-electron chi connectivity index (χ0n) is 10.9. The van der Waals surface area contributed by atoms with Crippen LogP contribution >= 0.6 is 11.8 Å². The van der Waals surface area contributed by atoms with Crippen LogP contribution in [0.2, 0.25) is 0 Å². The van der Waals surface area contributed by atoms with E-state index in [1.165, 1.54) is 17.0 Å². The lowest BCUT2D eigenvalue weighted by Gasteiger charge is -2.16. The van der Waals surface area contributed by atoms with E-state index in [9.17, 15) is 0 Å². The molecule has 1 aromatic rings. The summed E-state index contributed by atoms with van der Waals surface area (Å²) in [7, 11) is 1.69. The number of ether oxygens (including phenoxy) is 1. The van der Waals surface area contributed by atoms with Crippen molar-refractivity contribution in [1.82, 2.24) is 0 Å². The second-order valence-electron chi connectivity index (χ2n) is 4.27. The molecular formula is C15H19NOS. The third-order valence-electron chi connectivity index (χ3n) is 2.91. The van der Waals surface area contributed by atoms with Crippen LogP contribution in [0.5, 0.6) is 5.75 Å². The number of dihydropyridines is 1. The standard InChI is InChI=1S/C15H19NOS/c1-3-10-18-15-9-6-13(11-16-15)12-4-7-14(17-2)8-5-12/h4-9,13H,3,10-11H2,1-2H3. The molecule has 18 heavy (non-hydrogen) atoms. The van der Waals surface area contributed by atoms with Gasteiger partial charge in [-0.05, 0) is 35.9 Å². The summed E-state index contributed by atoms with van der Waals surface area (Å²) in [5.74, 6) is 2.46. The van der Waals surface area contributed by atoms with Gasteiger partial charge < -0.3 is 4.74 Å². The van der Waals surface area contributed by atoms with Gasteiger partial charge in [0.05, 0.1) is 18.7 Å². The van der Waals surface area contributed by atoms with Crippen LogP contribution in [0.3, 0.4) is 0 Å². The molecule has 2 rings (SSSR count). The molecular weight excluding hydrogens is 242 g/mol. The van der Waals surface area contributed by atoms with Gasteiger partial charge >= 0.3 is 0 Å². The molecule has 0 bridgehead atoms. The molecule has 0 N–H and O–H groups in total. The Morgan fingerprint density at radius 3 is 2.67 bits per heavy atom. The van der Waals surface area contributed by atoms with Crippen molar-refractivity contribution < 1.29 is 4.74 Å². The van der Waals surface area contributed by atoms with Crippen LogP contribution in [0.1, 0.15) is 24.8 Å². The van der Waals surface area contributed by atoms with Crippen LogP contribution in [0, 0.1) is 0 Å². The van der Waals surface area contributed by atoms with Gasteiger partial charge in [-0.2, -0.15) is 0 Å². The molecule has 1 atom stereocenters. The Morgan fingerprint density at radius 2 is 2.11 bits per heavy atom. The van der Waals surface area contributed by atoms with Gasteiger partial charge in [-0.1, -0.05) is 25.1 Å². The van der Waals surface area contributed by atoms with Gasteiger partial charge in [0.2, 0.25) is 0 Å². The van der Waals surface area contributed by atoms with Gasteiger partial charge in [0.1, 0.15) is 5.75 Å². The van der Waals surface area contributed by atoms with E-state index in [0.717, 1.165) is 18.0 Å². The first-order valence-electron chi connectivity index (χ1n) is 6.33. The lowest BCUT2D eigenvalue weighted by Crippen LogP contribution is -2.07. The minimum atomic E-state index is 0.405. The predicted octanol–water partition coefficient (Wildman–Crippen LogP) is 3.89. The van der Waals surface area contributed by atoms with Crippen molar-refractivity contribution >= 4 is 16.8 Å². The molecule has 1 unspecified atom stereocenters. The topological polar surface area (TPSA) is 21.6 Å². The summed E-state index contributed by atoms with van der Waals surface area (Å²) in [6, 6.07) is 8.25. The van der Waals surface area contributed by atoms with Gasteiger partial charge in [-0.25, -0.2) is 0 Å². The van der Waals surface area contributed by atoms with Gasteiger partial charge in [0, 0.05) is 5.92 Å². The molecule has 0 aromatic heterocycles. The number of hydrogen-bond donors (Lipinski definition) is 0. The maximum absolute atomic E-state index is 5.17. The Balaban J connectivity index is 1.96. The van der Waals surface area contributed by atoms with Crippen molar-refractivity contribution in [3.63, 3.8) is 0 Å². The van der Waals surface area contributed by atoms with Crippen LogP contribution in [0.25, 0.3) is 0 Å². The van der Waals surface area contributed by atoms with Crippen molar-refractivity contribution in [2.75, 3.05) is 19.4 Å². The lowest BCUT2D eigenvalue weighted by atomic mass is 9.97. The smallest absolute Gasteiger partial charge is 0.118 e. The molecule has 0 saturated carbocycles. The highest BCUT2D eigenvalue weighted by molar-refractivity contribution is 8.14. The Kier molecular flexibility index (Phi) is 4.88. The summed E-state index contributed by atoms with van der Waals surface area (Å²) >= 11 is 1.84. The zero-order chi connectivity index (χ0) is 12.8. The Hall–Kier alpha value is -1.22. The molecule has 0 spiro atoms. The van der Waals surface area contributed by atoms with Gasteiger partial charge in [0.15, 0.2) is 0 Å². The quantitative estimate of drug-likeness (QED) is 0.820. The largest absolute Gasteiger partial charge is 0.497 e. The third kappa shape index (κ3) is 3.39. The van der Waals surface area contributed by atoms with Crippen LogP contribution in [0.15, 0.2) is 41.4 Å². The normalized spacial score (nSPS) is 18.6. The Labute approximate surface area is 113 Å². The number of nitrogens with zero attached hydrogens (tertiary/aromatic N) is 1. The van der Waals surface area contributed by atoms with Crippen LogP contribution in [-0.2, 0) is 0 Å². The number of hydrogen-bond acceptors (Lipinski definition) is 3. The van der Waals surface area contributed by atoms with Crippen molar-refractivity contribution in [1.29, 1.82) is 0 Å². The van der Waals surface area contributed by atoms with E-state index in [0.29, 0.717) is 5.92 Å². The van der Waals surface area contributed by atoms with Crippen LogP contribution in [-0.4, -0.2) is 24.5 Å². The molecule has 0 radical (unpaired) electrons. The van der Waals surface area contributed by atoms with Crippen LogP contribution in [0.4, 0.5) is 0 Å². The maximum atomic E-state index is 5.17. The van der Waals surface area contributed by atoms with E-state index in [1.807, 2.05) is 23.9 Å². The van der Waals surface area contributed by atoms with E-state index < -0.39 is 0 Å². The molecule has 0 amide bonds. The summed E-state index contributed by atoms with van der Waals surface area (Å²) < 4.78 is 5.17. The van der Waals surface area contributed by atoms with Crippen molar-refractivity contribution in [2.45, 2.75) is 19.3 Å². The van der Waals surface area contributed by atoms with Crippen LogP contribution < -0.4 is 4.74 Å². The first kappa shape index (κ1) is 13.2. The molecule has 0 saturated heterocycles. The second kappa shape index (κ2) is 6.64. The summed E-state index contributed by atoms with van der Waals surface area (Å²) in [4.78, 5) is 4.63. The summed E-state index contributed by atoms with van der Waals surface area (Å²) in [6.07, 6.45) is 5.60. The number of methoxy groups -OCH3 is 1. The molecule has 3 heteroatoms. The molecule has 96 valence electrons. The van der Waals surface area contributed by atoms with E-state index in [4.69, 9.17) is 4.74 Å². The fourth-order valence-electron chi connectivity index (χ4n) is 1.87. The van der Waals surface area contributed by atoms with Gasteiger partial charge in [-0.3, -0.25) is 4.99 Å². The molecule has 1 aliphatic heterocycles. The Morgan fingerprint density at radius 1 is 1.33 bits per heavy atom. The monoisotopic (exact) mass is 261 g/mol. The number of rotatable bonds is 4. The van der Waals surface area contributed by atoms with E-state index in [2.05, 4.69) is 36.2 Å². The first-order chi connectivity index (χ1) is 8.83. The summed E-state index contributed by atoms with van der Waals surface area (Å²) in [6.45, 7) is 3.05. The fourth-order valence-corrected chi connectivity index (χ4v) is 2.62. The molecule has 1 aliphatic rings. The average Bonchev–Trinajstić information content (AvgIpc) is 2.46. The minimum absolute atomic E-state index is 0.405. The predicted molar refractivity (Wildman–Crippen MR) is 79.9 cm³/mol. The molecule has 0 aliphatic carbocycles. The molecule has 1 heterocycles. The lowest BCUT2D eigenvalue weighted by molar-refractivity contribution is 0.414. The SMILES string of the molecule is CCCSC1=NCC(c2ccc(OC)cc2)C=C1. The fraction of sp³-hybridized carbons (Fsp3) is 0.400.